The lowest BCUT2D eigenvalue weighted by Gasteiger charge is -2.23. The van der Waals surface area contributed by atoms with E-state index < -0.39 is 6.04 Å². The predicted octanol–water partition coefficient (Wildman–Crippen LogP) is 6.13. The number of fused-ring (bicyclic) bond motifs is 1. The molecule has 2 amide bonds. The van der Waals surface area contributed by atoms with Crippen LogP contribution in [0.25, 0.3) is 10.8 Å². The number of halogens is 1. The minimum Gasteiger partial charge on any atom is -0.342 e. The molecule has 0 saturated heterocycles. The van der Waals surface area contributed by atoms with E-state index in [4.69, 9.17) is 11.6 Å². The summed E-state index contributed by atoms with van der Waals surface area (Å²) in [6.45, 7) is 8.27. The van der Waals surface area contributed by atoms with E-state index in [2.05, 4.69) is 27.4 Å². The molecule has 3 aromatic carbocycles. The summed E-state index contributed by atoms with van der Waals surface area (Å²) in [4.78, 5) is 25.8. The van der Waals surface area contributed by atoms with Crippen molar-refractivity contribution in [2.75, 3.05) is 11.1 Å². The lowest BCUT2D eigenvalue weighted by Crippen LogP contribution is -2.34. The topological polar surface area (TPSA) is 88.9 Å². The number of thioether (sulfide) groups is 1. The molecule has 0 fully saturated rings. The molecule has 9 heteroatoms. The molecule has 0 spiro atoms. The lowest BCUT2D eigenvalue weighted by molar-refractivity contribution is -0.113. The van der Waals surface area contributed by atoms with Crippen molar-refractivity contribution in [1.82, 2.24) is 20.1 Å². The van der Waals surface area contributed by atoms with Gasteiger partial charge in [-0.3, -0.25) is 9.59 Å². The average Bonchev–Trinajstić information content (AvgIpc) is 3.28. The summed E-state index contributed by atoms with van der Waals surface area (Å²) < 4.78 is 1.88. The normalized spacial score (nSPS) is 11.9. The van der Waals surface area contributed by atoms with Crippen molar-refractivity contribution in [3.05, 3.63) is 95.8 Å². The quantitative estimate of drug-likeness (QED) is 0.189. The van der Waals surface area contributed by atoms with Crippen molar-refractivity contribution in [2.24, 2.45) is 5.92 Å². The van der Waals surface area contributed by atoms with Crippen molar-refractivity contribution in [3.8, 4) is 0 Å². The highest BCUT2D eigenvalue weighted by atomic mass is 35.5. The summed E-state index contributed by atoms with van der Waals surface area (Å²) in [5.41, 5.74) is 1.16. The van der Waals surface area contributed by atoms with Crippen molar-refractivity contribution < 1.29 is 9.59 Å². The van der Waals surface area contributed by atoms with Gasteiger partial charge >= 0.3 is 0 Å². The third kappa shape index (κ3) is 6.21. The summed E-state index contributed by atoms with van der Waals surface area (Å²) in [5, 5.41) is 17.8. The average molecular weight is 534 g/mol. The highest BCUT2D eigenvalue weighted by Crippen LogP contribution is 2.27. The maximum Gasteiger partial charge on any atom is 0.253 e. The minimum absolute atomic E-state index is 0.0201. The second-order valence-electron chi connectivity index (χ2n) is 8.78. The summed E-state index contributed by atoms with van der Waals surface area (Å²) in [7, 11) is 0. The van der Waals surface area contributed by atoms with E-state index in [-0.39, 0.29) is 23.5 Å². The van der Waals surface area contributed by atoms with Gasteiger partial charge in [-0.2, -0.15) is 0 Å². The minimum atomic E-state index is -0.421. The Morgan fingerprint density at radius 2 is 1.78 bits per heavy atom. The Bertz CT molecular complexity index is 1430. The van der Waals surface area contributed by atoms with E-state index in [1.807, 2.05) is 60.9 Å². The largest absolute Gasteiger partial charge is 0.342 e. The molecule has 1 atom stereocenters. The van der Waals surface area contributed by atoms with E-state index in [0.717, 1.165) is 16.5 Å². The summed E-state index contributed by atoms with van der Waals surface area (Å²) >= 11 is 7.51. The standard InChI is InChI=1S/C28H28ClN5O2S/c1-4-16-34-26(25(18(2)3)31-27(36)21-13-7-8-14-22(21)29)32-33-28(34)37-17-24(35)30-23-15-9-11-19-10-5-6-12-20(19)23/h4-15,18,25H,1,16-17H2,2-3H3,(H,30,35)(H,31,36). The predicted molar refractivity (Wildman–Crippen MR) is 150 cm³/mol. The molecule has 0 aliphatic rings. The summed E-state index contributed by atoms with van der Waals surface area (Å²) in [5.74, 6) is 0.320. The van der Waals surface area contributed by atoms with Gasteiger partial charge in [-0.25, -0.2) is 0 Å². The van der Waals surface area contributed by atoms with Crippen LogP contribution in [0.2, 0.25) is 5.02 Å². The van der Waals surface area contributed by atoms with Gasteiger partial charge in [0.15, 0.2) is 11.0 Å². The van der Waals surface area contributed by atoms with Crippen LogP contribution < -0.4 is 10.6 Å². The number of hydrogen-bond acceptors (Lipinski definition) is 5. The fourth-order valence-electron chi connectivity index (χ4n) is 3.98. The number of allylic oxidation sites excluding steroid dienone is 1. The number of aromatic nitrogens is 3. The molecule has 0 bridgehead atoms. The zero-order valence-electron chi connectivity index (χ0n) is 20.6. The second kappa shape index (κ2) is 12.1. The van der Waals surface area contributed by atoms with Gasteiger partial charge in [0.1, 0.15) is 0 Å². The van der Waals surface area contributed by atoms with E-state index in [1.165, 1.54) is 11.8 Å². The number of anilines is 1. The van der Waals surface area contributed by atoms with E-state index in [9.17, 15) is 9.59 Å². The van der Waals surface area contributed by atoms with Crippen LogP contribution in [0.4, 0.5) is 5.69 Å². The number of rotatable bonds is 10. The molecule has 7 nitrogen and oxygen atoms in total. The van der Waals surface area contributed by atoms with Gasteiger partial charge in [-0.15, -0.1) is 16.8 Å². The number of nitrogens with one attached hydrogen (secondary N) is 2. The van der Waals surface area contributed by atoms with Crippen molar-refractivity contribution >= 4 is 51.6 Å². The molecule has 37 heavy (non-hydrogen) atoms. The number of carbonyl (C=O) groups excluding carboxylic acids is 2. The van der Waals surface area contributed by atoms with Crippen LogP contribution in [-0.4, -0.2) is 32.3 Å². The Hall–Kier alpha value is -3.62. The number of nitrogens with zero attached hydrogens (tertiary/aromatic N) is 3. The Labute approximate surface area is 225 Å². The molecular weight excluding hydrogens is 506 g/mol. The zero-order valence-corrected chi connectivity index (χ0v) is 22.2. The Morgan fingerprint density at radius 1 is 1.05 bits per heavy atom. The van der Waals surface area contributed by atoms with Gasteiger partial charge in [-0.05, 0) is 29.5 Å². The SMILES string of the molecule is C=CCn1c(SCC(=O)Nc2cccc3ccccc23)nnc1C(NC(=O)c1ccccc1Cl)C(C)C. The maximum atomic E-state index is 13.0. The molecule has 2 N–H and O–H groups in total. The number of benzene rings is 3. The third-order valence-corrected chi connectivity index (χ3v) is 7.10. The van der Waals surface area contributed by atoms with Crippen LogP contribution in [-0.2, 0) is 11.3 Å². The highest BCUT2D eigenvalue weighted by molar-refractivity contribution is 7.99. The Balaban J connectivity index is 1.50. The van der Waals surface area contributed by atoms with Gasteiger partial charge in [0.05, 0.1) is 22.4 Å². The van der Waals surface area contributed by atoms with Gasteiger partial charge in [0, 0.05) is 17.6 Å². The molecule has 1 unspecified atom stereocenters. The van der Waals surface area contributed by atoms with Crippen LogP contribution in [0.5, 0.6) is 0 Å². The lowest BCUT2D eigenvalue weighted by atomic mass is 10.0. The highest BCUT2D eigenvalue weighted by Gasteiger charge is 2.27. The second-order valence-corrected chi connectivity index (χ2v) is 10.1. The van der Waals surface area contributed by atoms with Crippen LogP contribution in [0, 0.1) is 5.92 Å². The molecular formula is C28H28ClN5O2S. The molecule has 1 aromatic heterocycles. The van der Waals surface area contributed by atoms with Crippen LogP contribution in [0.3, 0.4) is 0 Å². The summed E-state index contributed by atoms with van der Waals surface area (Å²) in [6, 6.07) is 20.2. The smallest absolute Gasteiger partial charge is 0.253 e. The first-order valence-corrected chi connectivity index (χ1v) is 13.2. The van der Waals surface area contributed by atoms with E-state index >= 15 is 0 Å². The van der Waals surface area contributed by atoms with E-state index in [1.54, 1.807) is 30.3 Å². The maximum absolute atomic E-state index is 13.0. The molecule has 0 aliphatic heterocycles. The first-order chi connectivity index (χ1) is 17.9. The molecule has 0 aliphatic carbocycles. The third-order valence-electron chi connectivity index (χ3n) is 5.80. The first-order valence-electron chi connectivity index (χ1n) is 11.9. The monoisotopic (exact) mass is 533 g/mol. The summed E-state index contributed by atoms with van der Waals surface area (Å²) in [6.07, 6.45) is 1.74. The van der Waals surface area contributed by atoms with Crippen LogP contribution >= 0.6 is 23.4 Å². The van der Waals surface area contributed by atoms with Gasteiger partial charge in [-0.1, -0.05) is 91.8 Å². The van der Waals surface area contributed by atoms with Crippen LogP contribution in [0.1, 0.15) is 36.1 Å². The number of carbonyl (C=O) groups is 2. The number of amides is 2. The zero-order chi connectivity index (χ0) is 26.4. The first kappa shape index (κ1) is 26.4. The fourth-order valence-corrected chi connectivity index (χ4v) is 4.96. The molecule has 4 rings (SSSR count). The Morgan fingerprint density at radius 3 is 2.54 bits per heavy atom. The fraction of sp³-hybridized carbons (Fsp3) is 0.214. The van der Waals surface area contributed by atoms with Crippen molar-refractivity contribution in [2.45, 2.75) is 31.6 Å². The molecule has 1 heterocycles. The van der Waals surface area contributed by atoms with Crippen LogP contribution in [0.15, 0.2) is 84.5 Å². The molecule has 190 valence electrons. The van der Waals surface area contributed by atoms with Crippen molar-refractivity contribution in [1.29, 1.82) is 0 Å². The van der Waals surface area contributed by atoms with Gasteiger partial charge in [0.2, 0.25) is 5.91 Å². The van der Waals surface area contributed by atoms with Gasteiger partial charge in [0.25, 0.3) is 5.91 Å². The molecule has 0 saturated carbocycles. The van der Waals surface area contributed by atoms with E-state index in [0.29, 0.717) is 28.1 Å². The Kier molecular flexibility index (Phi) is 8.63. The molecule has 0 radical (unpaired) electrons. The number of hydrogen-bond donors (Lipinski definition) is 2. The molecule has 4 aromatic rings. The van der Waals surface area contributed by atoms with Gasteiger partial charge < -0.3 is 15.2 Å². The van der Waals surface area contributed by atoms with Crippen molar-refractivity contribution in [3.63, 3.8) is 0 Å².